The molecule has 6 nitrogen and oxygen atoms in total. The second kappa shape index (κ2) is 6.38. The van der Waals surface area contributed by atoms with Crippen LogP contribution in [0.1, 0.15) is 16.9 Å². The van der Waals surface area contributed by atoms with Crippen LogP contribution in [-0.4, -0.2) is 54.6 Å². The van der Waals surface area contributed by atoms with Crippen LogP contribution in [0.5, 0.6) is 0 Å². The number of nitrogens with one attached hydrogen (secondary N) is 1. The number of aromatic nitrogens is 1. The highest BCUT2D eigenvalue weighted by Gasteiger charge is 2.22. The summed E-state index contributed by atoms with van der Waals surface area (Å²) in [5.74, 6) is -0.195. The molecule has 0 spiro atoms. The quantitative estimate of drug-likeness (QED) is 0.839. The summed E-state index contributed by atoms with van der Waals surface area (Å²) in [4.78, 5) is 25.5. The number of amides is 2. The summed E-state index contributed by atoms with van der Waals surface area (Å²) in [6, 6.07) is 3.61. The molecule has 0 radical (unpaired) electrons. The number of hydrogen-bond donors (Lipinski definition) is 1. The Labute approximate surface area is 112 Å². The Balaban J connectivity index is 2.09. The summed E-state index contributed by atoms with van der Waals surface area (Å²) in [7, 11) is 1.63. The van der Waals surface area contributed by atoms with Gasteiger partial charge in [-0.2, -0.15) is 0 Å². The second-order valence-electron chi connectivity index (χ2n) is 4.51. The SMILES string of the molecule is COCCn1cccc1C(=O)N1CCCNC(=O)C1. The molecule has 0 saturated carbocycles. The number of rotatable bonds is 4. The van der Waals surface area contributed by atoms with Crippen LogP contribution in [0.15, 0.2) is 18.3 Å². The zero-order valence-corrected chi connectivity index (χ0v) is 11.1. The smallest absolute Gasteiger partial charge is 0.270 e. The minimum absolute atomic E-state index is 0.0964. The van der Waals surface area contributed by atoms with Gasteiger partial charge in [0.25, 0.3) is 5.91 Å². The lowest BCUT2D eigenvalue weighted by molar-refractivity contribution is -0.121. The van der Waals surface area contributed by atoms with Crippen LogP contribution in [0, 0.1) is 0 Å². The van der Waals surface area contributed by atoms with E-state index >= 15 is 0 Å². The fourth-order valence-corrected chi connectivity index (χ4v) is 2.13. The highest BCUT2D eigenvalue weighted by atomic mass is 16.5. The zero-order chi connectivity index (χ0) is 13.7. The topological polar surface area (TPSA) is 63.6 Å². The normalized spacial score (nSPS) is 16.1. The van der Waals surface area contributed by atoms with Gasteiger partial charge in [0.2, 0.25) is 5.91 Å². The summed E-state index contributed by atoms with van der Waals surface area (Å²) in [5, 5.41) is 2.76. The van der Waals surface area contributed by atoms with E-state index in [0.717, 1.165) is 6.42 Å². The zero-order valence-electron chi connectivity index (χ0n) is 11.1. The van der Waals surface area contributed by atoms with Gasteiger partial charge in [-0.15, -0.1) is 0 Å². The Hall–Kier alpha value is -1.82. The molecule has 1 N–H and O–H groups in total. The Kier molecular flexibility index (Phi) is 4.57. The third kappa shape index (κ3) is 3.35. The van der Waals surface area contributed by atoms with Gasteiger partial charge in [0, 0.05) is 32.9 Å². The number of carbonyl (C=O) groups excluding carboxylic acids is 2. The monoisotopic (exact) mass is 265 g/mol. The van der Waals surface area contributed by atoms with Gasteiger partial charge < -0.3 is 19.5 Å². The van der Waals surface area contributed by atoms with Crippen molar-refractivity contribution in [2.45, 2.75) is 13.0 Å². The van der Waals surface area contributed by atoms with E-state index < -0.39 is 0 Å². The fraction of sp³-hybridized carbons (Fsp3) is 0.538. The molecule has 2 heterocycles. The van der Waals surface area contributed by atoms with Crippen LogP contribution in [0.25, 0.3) is 0 Å². The molecule has 0 unspecified atom stereocenters. The summed E-state index contributed by atoms with van der Waals surface area (Å²) in [5.41, 5.74) is 0.603. The van der Waals surface area contributed by atoms with Crippen molar-refractivity contribution in [1.29, 1.82) is 0 Å². The van der Waals surface area contributed by atoms with Crippen molar-refractivity contribution >= 4 is 11.8 Å². The first-order valence-corrected chi connectivity index (χ1v) is 6.42. The molecule has 0 atom stereocenters. The highest BCUT2D eigenvalue weighted by Crippen LogP contribution is 2.09. The predicted molar refractivity (Wildman–Crippen MR) is 69.8 cm³/mol. The van der Waals surface area contributed by atoms with Crippen molar-refractivity contribution in [2.75, 3.05) is 33.4 Å². The molecular formula is C13H19N3O3. The lowest BCUT2D eigenvalue weighted by atomic mass is 10.3. The number of carbonyl (C=O) groups is 2. The van der Waals surface area contributed by atoms with Gasteiger partial charge in [0.05, 0.1) is 13.2 Å². The van der Waals surface area contributed by atoms with Crippen molar-refractivity contribution in [3.63, 3.8) is 0 Å². The molecule has 0 aliphatic carbocycles. The Morgan fingerprint density at radius 3 is 3.16 bits per heavy atom. The Morgan fingerprint density at radius 1 is 1.53 bits per heavy atom. The molecule has 1 aliphatic heterocycles. The average Bonchev–Trinajstić information content (AvgIpc) is 2.76. The molecule has 6 heteroatoms. The van der Waals surface area contributed by atoms with Crippen molar-refractivity contribution in [3.05, 3.63) is 24.0 Å². The highest BCUT2D eigenvalue weighted by molar-refractivity contribution is 5.95. The first-order chi connectivity index (χ1) is 9.22. The summed E-state index contributed by atoms with van der Waals surface area (Å²) in [6.45, 7) is 2.55. The van der Waals surface area contributed by atoms with Crippen molar-refractivity contribution in [3.8, 4) is 0 Å². The van der Waals surface area contributed by atoms with Crippen LogP contribution in [-0.2, 0) is 16.1 Å². The van der Waals surface area contributed by atoms with Crippen molar-refractivity contribution < 1.29 is 14.3 Å². The van der Waals surface area contributed by atoms with Gasteiger partial charge in [-0.3, -0.25) is 9.59 Å². The van der Waals surface area contributed by atoms with E-state index in [1.165, 1.54) is 0 Å². The van der Waals surface area contributed by atoms with E-state index in [1.807, 2.05) is 16.8 Å². The third-order valence-corrected chi connectivity index (χ3v) is 3.13. The maximum absolute atomic E-state index is 12.4. The molecule has 0 bridgehead atoms. The average molecular weight is 265 g/mol. The van der Waals surface area contributed by atoms with E-state index in [0.29, 0.717) is 31.9 Å². The largest absolute Gasteiger partial charge is 0.383 e. The Bertz CT molecular complexity index is 456. The minimum Gasteiger partial charge on any atom is -0.383 e. The maximum atomic E-state index is 12.4. The molecular weight excluding hydrogens is 246 g/mol. The maximum Gasteiger partial charge on any atom is 0.270 e. The second-order valence-corrected chi connectivity index (χ2v) is 4.51. The molecule has 1 aliphatic rings. The van der Waals surface area contributed by atoms with Gasteiger partial charge in [0.1, 0.15) is 5.69 Å². The number of ether oxygens (including phenoxy) is 1. The molecule has 1 aromatic rings. The van der Waals surface area contributed by atoms with Gasteiger partial charge in [0.15, 0.2) is 0 Å². The van der Waals surface area contributed by atoms with Crippen LogP contribution >= 0.6 is 0 Å². The molecule has 1 fully saturated rings. The van der Waals surface area contributed by atoms with Gasteiger partial charge in [-0.1, -0.05) is 0 Å². The summed E-state index contributed by atoms with van der Waals surface area (Å²) in [6.07, 6.45) is 2.64. The van der Waals surface area contributed by atoms with Gasteiger partial charge in [-0.05, 0) is 18.6 Å². The minimum atomic E-state index is -0.0989. The van der Waals surface area contributed by atoms with E-state index in [-0.39, 0.29) is 18.4 Å². The first-order valence-electron chi connectivity index (χ1n) is 6.42. The van der Waals surface area contributed by atoms with E-state index in [2.05, 4.69) is 5.32 Å². The lowest BCUT2D eigenvalue weighted by Gasteiger charge is -2.20. The number of hydrogen-bond acceptors (Lipinski definition) is 3. The Morgan fingerprint density at radius 2 is 2.37 bits per heavy atom. The molecule has 1 aromatic heterocycles. The summed E-state index contributed by atoms with van der Waals surface area (Å²) < 4.78 is 6.88. The molecule has 104 valence electrons. The molecule has 2 rings (SSSR count). The standard InChI is InChI=1S/C13H19N3O3/c1-19-9-8-15-6-2-4-11(15)13(18)16-7-3-5-14-12(17)10-16/h2,4,6H,3,5,7-10H2,1H3,(H,14,17). The van der Waals surface area contributed by atoms with Crippen LogP contribution < -0.4 is 5.32 Å². The van der Waals surface area contributed by atoms with E-state index in [9.17, 15) is 9.59 Å². The number of methoxy groups -OCH3 is 1. The lowest BCUT2D eigenvalue weighted by Crippen LogP contribution is -2.38. The molecule has 0 aromatic carbocycles. The first kappa shape index (κ1) is 13.6. The van der Waals surface area contributed by atoms with Crippen molar-refractivity contribution in [2.24, 2.45) is 0 Å². The van der Waals surface area contributed by atoms with Crippen LogP contribution in [0.2, 0.25) is 0 Å². The summed E-state index contributed by atoms with van der Waals surface area (Å²) >= 11 is 0. The fourth-order valence-electron chi connectivity index (χ4n) is 2.13. The van der Waals surface area contributed by atoms with Crippen LogP contribution in [0.4, 0.5) is 0 Å². The van der Waals surface area contributed by atoms with E-state index in [1.54, 1.807) is 18.1 Å². The predicted octanol–water partition coefficient (Wildman–Crippen LogP) is 0.0966. The van der Waals surface area contributed by atoms with Crippen molar-refractivity contribution in [1.82, 2.24) is 14.8 Å². The molecule has 1 saturated heterocycles. The number of nitrogens with zero attached hydrogens (tertiary/aromatic N) is 2. The van der Waals surface area contributed by atoms with Gasteiger partial charge in [-0.25, -0.2) is 0 Å². The molecule has 19 heavy (non-hydrogen) atoms. The third-order valence-electron chi connectivity index (χ3n) is 3.13. The van der Waals surface area contributed by atoms with E-state index in [4.69, 9.17) is 4.74 Å². The van der Waals surface area contributed by atoms with Gasteiger partial charge >= 0.3 is 0 Å². The van der Waals surface area contributed by atoms with Crippen LogP contribution in [0.3, 0.4) is 0 Å². The molecule has 2 amide bonds.